The zero-order valence-corrected chi connectivity index (χ0v) is 13.4. The van der Waals surface area contributed by atoms with E-state index in [0.717, 1.165) is 12.5 Å². The van der Waals surface area contributed by atoms with Gasteiger partial charge in [0.2, 0.25) is 0 Å². The highest BCUT2D eigenvalue weighted by Crippen LogP contribution is 2.33. The van der Waals surface area contributed by atoms with Gasteiger partial charge in [0.25, 0.3) is 0 Å². The summed E-state index contributed by atoms with van der Waals surface area (Å²) in [6.45, 7) is 12.9. The SMILES string of the molecule is CCC(N(C)CC)C(C)(C)CCC(C)CP. The minimum atomic E-state index is 0.438. The molecule has 0 aliphatic rings. The third-order valence-corrected chi connectivity index (χ3v) is 4.81. The van der Waals surface area contributed by atoms with Crippen LogP contribution in [0.3, 0.4) is 0 Å². The maximum absolute atomic E-state index is 2.86. The van der Waals surface area contributed by atoms with E-state index >= 15 is 0 Å². The monoisotopic (exact) mass is 245 g/mol. The summed E-state index contributed by atoms with van der Waals surface area (Å²) in [5.74, 6) is 0.841. The molecule has 0 saturated carbocycles. The quantitative estimate of drug-likeness (QED) is 0.583. The molecule has 0 fully saturated rings. The van der Waals surface area contributed by atoms with Crippen molar-refractivity contribution in [3.8, 4) is 0 Å². The molecular formula is C14H32NP. The summed E-state index contributed by atoms with van der Waals surface area (Å²) in [4.78, 5) is 2.51. The Kier molecular flexibility index (Phi) is 7.85. The van der Waals surface area contributed by atoms with E-state index in [1.807, 2.05) is 0 Å². The van der Waals surface area contributed by atoms with Gasteiger partial charge in [-0.15, -0.1) is 9.24 Å². The van der Waals surface area contributed by atoms with Gasteiger partial charge in [0.15, 0.2) is 0 Å². The van der Waals surface area contributed by atoms with Crippen molar-refractivity contribution in [2.24, 2.45) is 11.3 Å². The van der Waals surface area contributed by atoms with Gasteiger partial charge in [0.05, 0.1) is 0 Å². The summed E-state index contributed by atoms with van der Waals surface area (Å²) in [5, 5.41) is 0. The van der Waals surface area contributed by atoms with E-state index in [-0.39, 0.29) is 0 Å². The summed E-state index contributed by atoms with van der Waals surface area (Å²) in [6.07, 6.45) is 5.18. The molecular weight excluding hydrogens is 213 g/mol. The highest BCUT2D eigenvalue weighted by Gasteiger charge is 2.30. The lowest BCUT2D eigenvalue weighted by atomic mass is 9.77. The molecule has 16 heavy (non-hydrogen) atoms. The van der Waals surface area contributed by atoms with E-state index in [9.17, 15) is 0 Å². The van der Waals surface area contributed by atoms with E-state index in [4.69, 9.17) is 0 Å². The first kappa shape index (κ1) is 16.4. The van der Waals surface area contributed by atoms with Crippen molar-refractivity contribution in [1.82, 2.24) is 4.90 Å². The Morgan fingerprint density at radius 3 is 2.19 bits per heavy atom. The van der Waals surface area contributed by atoms with E-state index in [2.05, 4.69) is 55.8 Å². The molecule has 0 N–H and O–H groups in total. The van der Waals surface area contributed by atoms with Gasteiger partial charge in [-0.05, 0) is 50.3 Å². The second-order valence-electron chi connectivity index (χ2n) is 5.87. The molecule has 0 aliphatic carbocycles. The molecule has 0 heterocycles. The first-order chi connectivity index (χ1) is 7.38. The fraction of sp³-hybridized carbons (Fsp3) is 1.00. The maximum Gasteiger partial charge on any atom is 0.0141 e. The van der Waals surface area contributed by atoms with Crippen LogP contribution in [0.25, 0.3) is 0 Å². The molecule has 0 aromatic rings. The molecule has 98 valence electrons. The van der Waals surface area contributed by atoms with E-state index in [0.29, 0.717) is 11.5 Å². The lowest BCUT2D eigenvalue weighted by Crippen LogP contribution is -2.42. The van der Waals surface area contributed by atoms with Crippen molar-refractivity contribution in [2.45, 2.75) is 59.9 Å². The van der Waals surface area contributed by atoms with Gasteiger partial charge in [0.1, 0.15) is 0 Å². The van der Waals surface area contributed by atoms with Gasteiger partial charge in [-0.1, -0.05) is 34.6 Å². The summed E-state index contributed by atoms with van der Waals surface area (Å²) in [7, 11) is 5.12. The largest absolute Gasteiger partial charge is 0.303 e. The molecule has 0 radical (unpaired) electrons. The maximum atomic E-state index is 2.86. The van der Waals surface area contributed by atoms with Crippen LogP contribution in [-0.4, -0.2) is 30.7 Å². The topological polar surface area (TPSA) is 3.24 Å². The van der Waals surface area contributed by atoms with Crippen LogP contribution < -0.4 is 0 Å². The zero-order valence-electron chi connectivity index (χ0n) is 12.2. The smallest absolute Gasteiger partial charge is 0.0141 e. The molecule has 0 bridgehead atoms. The van der Waals surface area contributed by atoms with E-state index < -0.39 is 0 Å². The van der Waals surface area contributed by atoms with Crippen LogP contribution in [0.15, 0.2) is 0 Å². The lowest BCUT2D eigenvalue weighted by Gasteiger charge is -2.40. The molecule has 2 heteroatoms. The standard InChI is InChI=1S/C14H32NP/c1-7-13(15(6)8-2)14(4,5)10-9-12(3)11-16/h12-13H,7-11,16H2,1-6H3. The molecule has 0 spiro atoms. The van der Waals surface area contributed by atoms with Crippen molar-refractivity contribution in [3.05, 3.63) is 0 Å². The van der Waals surface area contributed by atoms with Crippen LogP contribution >= 0.6 is 9.24 Å². The van der Waals surface area contributed by atoms with Crippen molar-refractivity contribution in [1.29, 1.82) is 0 Å². The average Bonchev–Trinajstić information content (AvgIpc) is 2.26. The summed E-state index contributed by atoms with van der Waals surface area (Å²) >= 11 is 0. The predicted molar refractivity (Wildman–Crippen MR) is 79.1 cm³/mol. The average molecular weight is 245 g/mol. The molecule has 0 saturated heterocycles. The third-order valence-electron chi connectivity index (χ3n) is 4.00. The first-order valence-electron chi connectivity index (χ1n) is 6.79. The van der Waals surface area contributed by atoms with Crippen molar-refractivity contribution < 1.29 is 0 Å². The van der Waals surface area contributed by atoms with Gasteiger partial charge in [0, 0.05) is 6.04 Å². The molecule has 1 nitrogen and oxygen atoms in total. The van der Waals surface area contributed by atoms with Crippen LogP contribution in [0.2, 0.25) is 0 Å². The Hall–Kier alpha value is 0.390. The van der Waals surface area contributed by atoms with Gasteiger partial charge >= 0.3 is 0 Å². The normalized spacial score (nSPS) is 16.5. The number of rotatable bonds is 8. The number of hydrogen-bond acceptors (Lipinski definition) is 1. The Bertz CT molecular complexity index is 180. The van der Waals surface area contributed by atoms with Crippen molar-refractivity contribution in [2.75, 3.05) is 19.8 Å². The molecule has 0 aromatic carbocycles. The Balaban J connectivity index is 4.36. The van der Waals surface area contributed by atoms with Crippen LogP contribution in [-0.2, 0) is 0 Å². The minimum Gasteiger partial charge on any atom is -0.303 e. The Morgan fingerprint density at radius 2 is 1.81 bits per heavy atom. The van der Waals surface area contributed by atoms with Crippen molar-refractivity contribution >= 4 is 9.24 Å². The van der Waals surface area contributed by atoms with Crippen LogP contribution in [0.1, 0.15) is 53.9 Å². The fourth-order valence-corrected chi connectivity index (χ4v) is 2.82. The molecule has 0 aliphatic heterocycles. The highest BCUT2D eigenvalue weighted by atomic mass is 31.0. The van der Waals surface area contributed by atoms with Crippen LogP contribution in [0, 0.1) is 11.3 Å². The van der Waals surface area contributed by atoms with Gasteiger partial charge in [-0.25, -0.2) is 0 Å². The van der Waals surface area contributed by atoms with Gasteiger partial charge in [-0.3, -0.25) is 0 Å². The van der Waals surface area contributed by atoms with E-state index in [1.165, 1.54) is 25.4 Å². The van der Waals surface area contributed by atoms with Crippen LogP contribution in [0.5, 0.6) is 0 Å². The predicted octanol–water partition coefficient (Wildman–Crippen LogP) is 4.03. The highest BCUT2D eigenvalue weighted by molar-refractivity contribution is 7.16. The van der Waals surface area contributed by atoms with Gasteiger partial charge < -0.3 is 4.90 Å². The zero-order chi connectivity index (χ0) is 12.8. The molecule has 0 rings (SSSR count). The molecule has 3 unspecified atom stereocenters. The third kappa shape index (κ3) is 5.15. The first-order valence-corrected chi connectivity index (χ1v) is 7.60. The molecule has 0 aromatic heterocycles. The summed E-state index contributed by atoms with van der Waals surface area (Å²) < 4.78 is 0. The number of nitrogens with zero attached hydrogens (tertiary/aromatic N) is 1. The van der Waals surface area contributed by atoms with Gasteiger partial charge in [-0.2, -0.15) is 0 Å². The van der Waals surface area contributed by atoms with Crippen molar-refractivity contribution in [3.63, 3.8) is 0 Å². The lowest BCUT2D eigenvalue weighted by molar-refractivity contribution is 0.0986. The summed E-state index contributed by atoms with van der Waals surface area (Å²) in [5.41, 5.74) is 0.438. The fourth-order valence-electron chi connectivity index (χ4n) is 2.58. The second-order valence-corrected chi connectivity index (χ2v) is 6.34. The molecule has 3 atom stereocenters. The second kappa shape index (κ2) is 7.67. The van der Waals surface area contributed by atoms with Crippen LogP contribution in [0.4, 0.5) is 0 Å². The van der Waals surface area contributed by atoms with E-state index in [1.54, 1.807) is 0 Å². The summed E-state index contributed by atoms with van der Waals surface area (Å²) in [6, 6.07) is 0.717. The Labute approximate surface area is 106 Å². The molecule has 0 amide bonds. The Morgan fingerprint density at radius 1 is 1.25 bits per heavy atom. The number of hydrogen-bond donors (Lipinski definition) is 0. The minimum absolute atomic E-state index is 0.438.